The van der Waals surface area contributed by atoms with E-state index < -0.39 is 59.3 Å². The minimum absolute atomic E-state index is 0.0733. The van der Waals surface area contributed by atoms with Crippen LogP contribution in [0.3, 0.4) is 0 Å². The molecule has 6 aromatic carbocycles. The van der Waals surface area contributed by atoms with E-state index in [4.69, 9.17) is 17.3 Å². The highest BCUT2D eigenvalue weighted by atomic mass is 35.5. The fourth-order valence-corrected chi connectivity index (χ4v) is 8.35. The third kappa shape index (κ3) is 18.4. The van der Waals surface area contributed by atoms with Crippen LogP contribution in [0.1, 0.15) is 33.4 Å². The molecule has 0 radical (unpaired) electrons. The van der Waals surface area contributed by atoms with E-state index in [-0.39, 0.29) is 25.9 Å². The van der Waals surface area contributed by atoms with Crippen LogP contribution < -0.4 is 30.0 Å². The minimum atomic E-state index is -4.92. The third-order valence-corrected chi connectivity index (χ3v) is 11.6. The largest absolute Gasteiger partial charge is 0.573 e. The van der Waals surface area contributed by atoms with Gasteiger partial charge in [0.05, 0.1) is 0 Å². The predicted octanol–water partition coefficient (Wildman–Crippen LogP) is 15.2. The van der Waals surface area contributed by atoms with E-state index in [1.807, 2.05) is 30.3 Å². The molecule has 0 unspecified atom stereocenters. The van der Waals surface area contributed by atoms with Gasteiger partial charge in [-0.2, -0.15) is 0 Å². The van der Waals surface area contributed by atoms with Crippen molar-refractivity contribution < 1.29 is 71.6 Å². The summed E-state index contributed by atoms with van der Waals surface area (Å²) in [6.45, 7) is -0.0311. The zero-order valence-electron chi connectivity index (χ0n) is 40.0. The van der Waals surface area contributed by atoms with E-state index >= 15 is 0 Å². The van der Waals surface area contributed by atoms with Gasteiger partial charge in [0.15, 0.2) is 0 Å². The summed E-state index contributed by atoms with van der Waals surface area (Å²) in [5, 5.41) is 3.75. The Morgan fingerprint density at radius 3 is 1.03 bits per heavy atom. The third-order valence-electron chi connectivity index (χ3n) is 11.4. The van der Waals surface area contributed by atoms with Crippen LogP contribution in [-0.4, -0.2) is 48.5 Å². The smallest absolute Gasteiger partial charge is 0.406 e. The number of nitrogens with one attached hydrogen (secondary N) is 1. The van der Waals surface area contributed by atoms with Crippen LogP contribution in [0.25, 0.3) is 0 Å². The zero-order chi connectivity index (χ0) is 55.7. The molecule has 77 heavy (non-hydrogen) atoms. The van der Waals surface area contributed by atoms with E-state index in [1.165, 1.54) is 60.7 Å². The summed E-state index contributed by atoms with van der Waals surface area (Å²) in [7, 11) is 0. The maximum Gasteiger partial charge on any atom is 0.573 e. The summed E-state index contributed by atoms with van der Waals surface area (Å²) < 4.78 is 171. The molecule has 0 amide bonds. The molecule has 0 spiro atoms. The Morgan fingerprint density at radius 2 is 0.727 bits per heavy atom. The molecule has 0 bridgehead atoms. The first-order valence-corrected chi connectivity index (χ1v) is 23.2. The van der Waals surface area contributed by atoms with Gasteiger partial charge >= 0.3 is 25.4 Å². The Labute approximate surface area is 439 Å². The molecule has 404 valence electrons. The molecule has 8 nitrogen and oxygen atoms in total. The van der Waals surface area contributed by atoms with Crippen molar-refractivity contribution in [3.8, 4) is 23.0 Å². The molecule has 0 atom stereocenters. The lowest BCUT2D eigenvalue weighted by molar-refractivity contribution is -0.275. The summed E-state index contributed by atoms with van der Waals surface area (Å²) in [6.07, 6.45) is -16.0. The van der Waals surface area contributed by atoms with Gasteiger partial charge in [-0.05, 0) is 119 Å². The summed E-state index contributed by atoms with van der Waals surface area (Å²) in [6, 6.07) is 50.1. The van der Waals surface area contributed by atoms with Crippen molar-refractivity contribution in [1.82, 2.24) is 9.97 Å². The van der Waals surface area contributed by atoms with Crippen LogP contribution in [-0.2, 0) is 23.7 Å². The topological polar surface area (TPSA) is 101 Å². The molecule has 2 aromatic heterocycles. The lowest BCUT2D eigenvalue weighted by atomic mass is 9.70. The van der Waals surface area contributed by atoms with Crippen LogP contribution in [0.15, 0.2) is 207 Å². The Balaban J connectivity index is 0.000000223. The first-order valence-electron chi connectivity index (χ1n) is 22.9. The molecule has 0 aliphatic heterocycles. The Morgan fingerprint density at radius 1 is 0.390 bits per heavy atom. The summed E-state index contributed by atoms with van der Waals surface area (Å²) in [5.74, 6) is -1.33. The Bertz CT molecular complexity index is 2940. The zero-order valence-corrected chi connectivity index (χ0v) is 40.7. The van der Waals surface area contributed by atoms with Crippen LogP contribution in [0, 0.1) is 0 Å². The van der Waals surface area contributed by atoms with Gasteiger partial charge in [0.25, 0.3) is 0 Å². The maximum atomic E-state index is 13.1. The fraction of sp³-hybridized carbons (Fsp3) is 0.179. The average molecular weight is 1100 g/mol. The van der Waals surface area contributed by atoms with Gasteiger partial charge in [0, 0.05) is 36.3 Å². The molecule has 0 aliphatic rings. The van der Waals surface area contributed by atoms with E-state index in [9.17, 15) is 52.7 Å². The van der Waals surface area contributed by atoms with E-state index in [0.29, 0.717) is 33.2 Å². The van der Waals surface area contributed by atoms with Gasteiger partial charge < -0.3 is 30.0 Å². The van der Waals surface area contributed by atoms with Gasteiger partial charge in [-0.1, -0.05) is 133 Å². The highest BCUT2D eigenvalue weighted by Gasteiger charge is 2.40. The molecule has 8 aromatic rings. The second-order valence-corrected chi connectivity index (χ2v) is 17.1. The second-order valence-electron chi connectivity index (χ2n) is 16.7. The van der Waals surface area contributed by atoms with Gasteiger partial charge in [0.2, 0.25) is 0 Å². The number of ether oxygens (including phenoxy) is 4. The number of hydrogen-bond donors (Lipinski definition) is 2. The van der Waals surface area contributed by atoms with Crippen LogP contribution in [0.4, 0.5) is 58.5 Å². The van der Waals surface area contributed by atoms with Crippen molar-refractivity contribution in [3.63, 3.8) is 0 Å². The number of nitrogens with zero attached hydrogens (tertiary/aromatic N) is 2. The molecule has 0 saturated heterocycles. The van der Waals surface area contributed by atoms with Crippen molar-refractivity contribution in [2.24, 2.45) is 5.73 Å². The van der Waals surface area contributed by atoms with E-state index in [2.05, 4.69) is 34.2 Å². The molecule has 2 heterocycles. The lowest BCUT2D eigenvalue weighted by Gasteiger charge is -2.36. The highest BCUT2D eigenvalue weighted by Crippen LogP contribution is 2.42. The Hall–Kier alpha value is -7.97. The van der Waals surface area contributed by atoms with Crippen molar-refractivity contribution >= 4 is 17.4 Å². The molecular weight excluding hydrogens is 1060 g/mol. The molecule has 0 fully saturated rings. The first kappa shape index (κ1) is 58.3. The van der Waals surface area contributed by atoms with Crippen LogP contribution in [0.5, 0.6) is 23.0 Å². The van der Waals surface area contributed by atoms with Crippen LogP contribution >= 0.6 is 11.6 Å². The summed E-state index contributed by atoms with van der Waals surface area (Å²) >= 11 is 5.43. The van der Waals surface area contributed by atoms with Gasteiger partial charge in [0.1, 0.15) is 34.0 Å². The number of nitrogens with two attached hydrogens (primary N) is 1. The lowest BCUT2D eigenvalue weighted by Crippen LogP contribution is -2.39. The van der Waals surface area contributed by atoms with Crippen molar-refractivity contribution in [2.45, 2.75) is 49.1 Å². The van der Waals surface area contributed by atoms with E-state index in [0.717, 1.165) is 23.3 Å². The monoisotopic (exact) mass is 1100 g/mol. The number of hydrogen-bond acceptors (Lipinski definition) is 8. The van der Waals surface area contributed by atoms with Crippen molar-refractivity contribution in [3.05, 3.63) is 245 Å². The summed E-state index contributed by atoms with van der Waals surface area (Å²) in [5.41, 5.74) is 6.90. The van der Waals surface area contributed by atoms with Crippen molar-refractivity contribution in [1.29, 1.82) is 0 Å². The summed E-state index contributed by atoms with van der Waals surface area (Å²) in [4.78, 5) is 7.99. The number of halogens is 13. The number of anilines is 1. The predicted molar refractivity (Wildman–Crippen MR) is 265 cm³/mol. The number of aromatic nitrogens is 2. The van der Waals surface area contributed by atoms with Crippen molar-refractivity contribution in [2.75, 3.05) is 18.4 Å². The van der Waals surface area contributed by atoms with E-state index in [1.54, 1.807) is 103 Å². The molecule has 0 aliphatic carbocycles. The number of benzene rings is 6. The standard InChI is InChI=1S/C28H22F6N2O2.C23H19F6NO2.C5H4ClN/c29-27(30,31)37-23-12-6-10-21(16-23)26(18-20-8-2-1-3-9-20,19-36-25-14-4-5-15-35-25)22-11-7-13-24(17-22)38-28(32,33)34;24-22(25,26)31-19-10-4-8-17(12-19)21(15-30,14-16-6-2-1-3-7-16)18-9-5-11-20(13-18)32-23(27,28)29;6-5-3-1-2-4-7-5/h1-17H,18-19H2,(H,35,36);1-13H,14-15,30H2;1-4H. The van der Waals surface area contributed by atoms with Gasteiger partial charge in [-0.25, -0.2) is 9.97 Å². The highest BCUT2D eigenvalue weighted by molar-refractivity contribution is 6.29. The number of pyridine rings is 2. The fourth-order valence-electron chi connectivity index (χ4n) is 8.22. The number of alkyl halides is 12. The number of rotatable bonds is 16. The maximum absolute atomic E-state index is 13.1. The quantitative estimate of drug-likeness (QED) is 0.0729. The molecule has 3 N–H and O–H groups in total. The molecule has 21 heteroatoms. The average Bonchev–Trinajstić information content (AvgIpc) is 3.40. The second kappa shape index (κ2) is 25.7. The SMILES string of the molecule is Clc1ccccn1.FC(F)(F)Oc1cccc(C(CNc2ccccn2)(Cc2ccccc2)c2cccc(OC(F)(F)F)c2)c1.NCC(Cc1ccccc1)(c1cccc(OC(F)(F)F)c1)c1cccc(OC(F)(F)F)c1. The molecule has 0 saturated carbocycles. The molecular formula is C56H45ClF12N4O4. The van der Waals surface area contributed by atoms with Gasteiger partial charge in [-0.3, -0.25) is 0 Å². The van der Waals surface area contributed by atoms with Gasteiger partial charge in [-0.15, -0.1) is 52.7 Å². The minimum Gasteiger partial charge on any atom is -0.406 e. The first-order chi connectivity index (χ1) is 36.4. The molecule has 8 rings (SSSR count). The Kier molecular flexibility index (Phi) is 19.5. The normalized spacial score (nSPS) is 12.0. The van der Waals surface area contributed by atoms with Crippen LogP contribution in [0.2, 0.25) is 5.15 Å².